The number of hydrogen-bond donors (Lipinski definition) is 0. The summed E-state index contributed by atoms with van der Waals surface area (Å²) in [5, 5.41) is 0. The predicted octanol–water partition coefficient (Wildman–Crippen LogP) is 3.42. The Bertz CT molecular complexity index is 197. The second-order valence-electron chi connectivity index (χ2n) is 4.63. The highest BCUT2D eigenvalue weighted by Gasteiger charge is 2.14. The van der Waals surface area contributed by atoms with E-state index in [1.807, 2.05) is 6.26 Å². The molecule has 2 rings (SSSR count). The van der Waals surface area contributed by atoms with Gasteiger partial charge in [0.1, 0.15) is 0 Å². The van der Waals surface area contributed by atoms with Gasteiger partial charge in [-0.25, -0.2) is 0 Å². The minimum Gasteiger partial charge on any atom is -0.501 e. The SMILES string of the molecule is C(OCCCC1CCCO1)=C1CCCC1. The van der Waals surface area contributed by atoms with Crippen LogP contribution in [0.3, 0.4) is 0 Å². The third kappa shape index (κ3) is 3.86. The van der Waals surface area contributed by atoms with Gasteiger partial charge in [-0.3, -0.25) is 0 Å². The fourth-order valence-electron chi connectivity index (χ4n) is 2.39. The van der Waals surface area contributed by atoms with Crippen molar-refractivity contribution in [3.8, 4) is 0 Å². The topological polar surface area (TPSA) is 18.5 Å². The molecule has 0 N–H and O–H groups in total. The van der Waals surface area contributed by atoms with Gasteiger partial charge in [-0.2, -0.15) is 0 Å². The molecule has 0 amide bonds. The van der Waals surface area contributed by atoms with Crippen LogP contribution in [0.2, 0.25) is 0 Å². The van der Waals surface area contributed by atoms with E-state index in [1.54, 1.807) is 0 Å². The maximum Gasteiger partial charge on any atom is 0.0874 e. The average molecular weight is 210 g/mol. The van der Waals surface area contributed by atoms with Crippen molar-refractivity contribution >= 4 is 0 Å². The molecule has 0 spiro atoms. The molecule has 0 aromatic heterocycles. The van der Waals surface area contributed by atoms with E-state index in [0.717, 1.165) is 19.6 Å². The van der Waals surface area contributed by atoms with E-state index in [0.29, 0.717) is 6.10 Å². The summed E-state index contributed by atoms with van der Waals surface area (Å²) in [6.45, 7) is 1.83. The van der Waals surface area contributed by atoms with Crippen LogP contribution in [0.5, 0.6) is 0 Å². The molecule has 1 saturated heterocycles. The molecule has 0 bridgehead atoms. The second kappa shape index (κ2) is 6.16. The molecule has 86 valence electrons. The molecule has 2 nitrogen and oxygen atoms in total. The quantitative estimate of drug-likeness (QED) is 0.511. The van der Waals surface area contributed by atoms with Crippen LogP contribution < -0.4 is 0 Å². The van der Waals surface area contributed by atoms with Crippen molar-refractivity contribution in [1.82, 2.24) is 0 Å². The first kappa shape index (κ1) is 11.0. The summed E-state index contributed by atoms with van der Waals surface area (Å²) in [5.74, 6) is 0. The molecule has 1 atom stereocenters. The van der Waals surface area contributed by atoms with Gasteiger partial charge in [0.05, 0.1) is 19.0 Å². The molecule has 0 aromatic rings. The van der Waals surface area contributed by atoms with E-state index < -0.39 is 0 Å². The molecule has 0 aromatic carbocycles. The van der Waals surface area contributed by atoms with Crippen LogP contribution in [0, 0.1) is 0 Å². The van der Waals surface area contributed by atoms with Gasteiger partial charge in [-0.05, 0) is 56.9 Å². The van der Waals surface area contributed by atoms with E-state index in [9.17, 15) is 0 Å². The molecule has 2 fully saturated rings. The summed E-state index contributed by atoms with van der Waals surface area (Å²) in [4.78, 5) is 0. The van der Waals surface area contributed by atoms with Crippen LogP contribution in [0.1, 0.15) is 51.4 Å². The second-order valence-corrected chi connectivity index (χ2v) is 4.63. The average Bonchev–Trinajstić information content (AvgIpc) is 2.88. The first-order valence-corrected chi connectivity index (χ1v) is 6.36. The monoisotopic (exact) mass is 210 g/mol. The Morgan fingerprint density at radius 1 is 1.27 bits per heavy atom. The summed E-state index contributed by atoms with van der Waals surface area (Å²) in [5.41, 5.74) is 1.51. The molecule has 1 aliphatic heterocycles. The Labute approximate surface area is 92.6 Å². The number of ether oxygens (including phenoxy) is 2. The zero-order valence-corrected chi connectivity index (χ0v) is 9.54. The predicted molar refractivity (Wildman–Crippen MR) is 60.7 cm³/mol. The summed E-state index contributed by atoms with van der Waals surface area (Å²) < 4.78 is 11.1. The Balaban J connectivity index is 1.49. The fraction of sp³-hybridized carbons (Fsp3) is 0.846. The smallest absolute Gasteiger partial charge is 0.0874 e. The van der Waals surface area contributed by atoms with E-state index in [1.165, 1.54) is 50.5 Å². The normalized spacial score (nSPS) is 25.9. The molecule has 1 unspecified atom stereocenters. The minimum absolute atomic E-state index is 0.521. The standard InChI is InChI=1S/C13H22O2/c1-2-6-12(5-1)11-14-9-3-7-13-8-4-10-15-13/h11,13H,1-10H2. The molecule has 2 aliphatic rings. The van der Waals surface area contributed by atoms with Crippen molar-refractivity contribution in [3.63, 3.8) is 0 Å². The van der Waals surface area contributed by atoms with Crippen LogP contribution in [-0.2, 0) is 9.47 Å². The molecule has 2 heteroatoms. The maximum absolute atomic E-state index is 5.56. The highest BCUT2D eigenvalue weighted by atomic mass is 16.5. The molecule has 0 radical (unpaired) electrons. The van der Waals surface area contributed by atoms with Gasteiger partial charge in [-0.1, -0.05) is 0 Å². The molecular formula is C13H22O2. The molecular weight excluding hydrogens is 188 g/mol. The summed E-state index contributed by atoms with van der Waals surface area (Å²) in [6, 6.07) is 0. The zero-order chi connectivity index (χ0) is 10.3. The van der Waals surface area contributed by atoms with Gasteiger partial charge >= 0.3 is 0 Å². The Hall–Kier alpha value is -0.500. The van der Waals surface area contributed by atoms with E-state index in [-0.39, 0.29) is 0 Å². The van der Waals surface area contributed by atoms with Crippen molar-refractivity contribution < 1.29 is 9.47 Å². The lowest BCUT2D eigenvalue weighted by Crippen LogP contribution is -2.05. The lowest BCUT2D eigenvalue weighted by Gasteiger charge is -2.08. The Morgan fingerprint density at radius 3 is 2.87 bits per heavy atom. The molecule has 1 saturated carbocycles. The van der Waals surface area contributed by atoms with E-state index in [4.69, 9.17) is 9.47 Å². The van der Waals surface area contributed by atoms with Gasteiger partial charge < -0.3 is 9.47 Å². The summed E-state index contributed by atoms with van der Waals surface area (Å²) in [6.07, 6.45) is 12.5. The lowest BCUT2D eigenvalue weighted by atomic mass is 10.1. The maximum atomic E-state index is 5.56. The van der Waals surface area contributed by atoms with Gasteiger partial charge in [0.15, 0.2) is 0 Å². The Kier molecular flexibility index (Phi) is 4.52. The van der Waals surface area contributed by atoms with Crippen molar-refractivity contribution in [2.45, 2.75) is 57.5 Å². The molecule has 1 heterocycles. The van der Waals surface area contributed by atoms with Crippen molar-refractivity contribution in [1.29, 1.82) is 0 Å². The van der Waals surface area contributed by atoms with Crippen molar-refractivity contribution in [3.05, 3.63) is 11.8 Å². The van der Waals surface area contributed by atoms with Crippen molar-refractivity contribution in [2.75, 3.05) is 13.2 Å². The Morgan fingerprint density at radius 2 is 2.13 bits per heavy atom. The number of rotatable bonds is 5. The van der Waals surface area contributed by atoms with Crippen LogP contribution in [-0.4, -0.2) is 19.3 Å². The minimum atomic E-state index is 0.521. The highest BCUT2D eigenvalue weighted by Crippen LogP contribution is 2.23. The zero-order valence-electron chi connectivity index (χ0n) is 9.54. The molecule has 15 heavy (non-hydrogen) atoms. The first-order chi connectivity index (χ1) is 7.45. The molecule has 1 aliphatic carbocycles. The van der Waals surface area contributed by atoms with Crippen molar-refractivity contribution in [2.24, 2.45) is 0 Å². The van der Waals surface area contributed by atoms with Gasteiger partial charge in [0.25, 0.3) is 0 Å². The van der Waals surface area contributed by atoms with Gasteiger partial charge in [0.2, 0.25) is 0 Å². The highest BCUT2D eigenvalue weighted by molar-refractivity contribution is 5.02. The number of hydrogen-bond acceptors (Lipinski definition) is 2. The van der Waals surface area contributed by atoms with Gasteiger partial charge in [-0.15, -0.1) is 0 Å². The number of allylic oxidation sites excluding steroid dienone is 1. The van der Waals surface area contributed by atoms with E-state index in [2.05, 4.69) is 0 Å². The van der Waals surface area contributed by atoms with Crippen LogP contribution in [0.15, 0.2) is 11.8 Å². The lowest BCUT2D eigenvalue weighted by molar-refractivity contribution is 0.0953. The summed E-state index contributed by atoms with van der Waals surface area (Å²) >= 11 is 0. The third-order valence-electron chi connectivity index (χ3n) is 3.31. The third-order valence-corrected chi connectivity index (χ3v) is 3.31. The largest absolute Gasteiger partial charge is 0.501 e. The first-order valence-electron chi connectivity index (χ1n) is 6.36. The fourth-order valence-corrected chi connectivity index (χ4v) is 2.39. The van der Waals surface area contributed by atoms with Crippen LogP contribution in [0.4, 0.5) is 0 Å². The van der Waals surface area contributed by atoms with E-state index >= 15 is 0 Å². The van der Waals surface area contributed by atoms with Crippen LogP contribution >= 0.6 is 0 Å². The summed E-state index contributed by atoms with van der Waals surface area (Å²) in [7, 11) is 0. The van der Waals surface area contributed by atoms with Crippen LogP contribution in [0.25, 0.3) is 0 Å². The van der Waals surface area contributed by atoms with Gasteiger partial charge in [0, 0.05) is 6.61 Å².